The molecule has 0 spiro atoms. The minimum Gasteiger partial charge on any atom is -0.383 e. The van der Waals surface area contributed by atoms with E-state index in [2.05, 4.69) is 16.9 Å². The van der Waals surface area contributed by atoms with Crippen LogP contribution in [0.1, 0.15) is 10.4 Å². The summed E-state index contributed by atoms with van der Waals surface area (Å²) in [6, 6.07) is 4.55. The van der Waals surface area contributed by atoms with Gasteiger partial charge in [0.1, 0.15) is 0 Å². The molecule has 0 saturated heterocycles. The molecule has 1 aromatic heterocycles. The summed E-state index contributed by atoms with van der Waals surface area (Å²) in [6.45, 7) is 4.29. The lowest BCUT2D eigenvalue weighted by Gasteiger charge is -2.07. The van der Waals surface area contributed by atoms with Crippen molar-refractivity contribution in [2.75, 3.05) is 20.3 Å². The first kappa shape index (κ1) is 15.7. The zero-order valence-corrected chi connectivity index (χ0v) is 12.2. The molecular weight excluding hydrogens is 286 g/mol. The quantitative estimate of drug-likeness (QED) is 0.748. The Balaban J connectivity index is 2.47. The van der Waals surface area contributed by atoms with Crippen LogP contribution in [0, 0.1) is 0 Å². The highest BCUT2D eigenvalue weighted by Crippen LogP contribution is 2.09. The number of hydrogen-bond acceptors (Lipinski definition) is 4. The Bertz CT molecular complexity index is 820. The van der Waals surface area contributed by atoms with Gasteiger partial charge in [-0.05, 0) is 18.2 Å². The summed E-state index contributed by atoms with van der Waals surface area (Å²) in [4.78, 5) is 38.7. The minimum atomic E-state index is -0.529. The molecule has 1 amide bonds. The van der Waals surface area contributed by atoms with E-state index in [0.717, 1.165) is 4.57 Å². The number of amides is 1. The summed E-state index contributed by atoms with van der Waals surface area (Å²) in [5, 5.41) is 2.98. The standard InChI is InChI=1S/C15H17N3O4/c1-3-6-16-13(19)10-4-5-11-12(9-10)17-15(21)18(14(11)20)7-8-22-2/h3-5,9H,1,6-8H2,2H3,(H,16,19)(H,17,21). The van der Waals surface area contributed by atoms with Crippen LogP contribution in [0.2, 0.25) is 0 Å². The zero-order chi connectivity index (χ0) is 16.1. The van der Waals surface area contributed by atoms with Gasteiger partial charge in [0.2, 0.25) is 0 Å². The van der Waals surface area contributed by atoms with Gasteiger partial charge in [-0.25, -0.2) is 4.79 Å². The number of H-pyrrole nitrogens is 1. The summed E-state index contributed by atoms with van der Waals surface area (Å²) >= 11 is 0. The van der Waals surface area contributed by atoms with Gasteiger partial charge in [-0.2, -0.15) is 0 Å². The van der Waals surface area contributed by atoms with Crippen molar-refractivity contribution in [3.05, 3.63) is 57.3 Å². The molecule has 0 aliphatic heterocycles. The lowest BCUT2D eigenvalue weighted by Crippen LogP contribution is -2.36. The lowest BCUT2D eigenvalue weighted by molar-refractivity contribution is 0.0958. The molecule has 0 saturated carbocycles. The fourth-order valence-electron chi connectivity index (χ4n) is 2.05. The number of rotatable bonds is 6. The topological polar surface area (TPSA) is 93.2 Å². The van der Waals surface area contributed by atoms with Crippen molar-refractivity contribution < 1.29 is 9.53 Å². The minimum absolute atomic E-state index is 0.169. The number of fused-ring (bicyclic) bond motifs is 1. The van der Waals surface area contributed by atoms with E-state index in [1.807, 2.05) is 0 Å². The van der Waals surface area contributed by atoms with Gasteiger partial charge < -0.3 is 15.0 Å². The first-order chi connectivity index (χ1) is 10.6. The maximum absolute atomic E-state index is 12.3. The number of nitrogens with one attached hydrogen (secondary N) is 2. The maximum atomic E-state index is 12.3. The van der Waals surface area contributed by atoms with Gasteiger partial charge in [0, 0.05) is 19.2 Å². The van der Waals surface area contributed by atoms with Gasteiger partial charge in [0.05, 0.1) is 24.1 Å². The summed E-state index contributed by atoms with van der Waals surface area (Å²) in [5.41, 5.74) is -0.249. The normalized spacial score (nSPS) is 10.6. The van der Waals surface area contributed by atoms with Crippen LogP contribution in [0.3, 0.4) is 0 Å². The molecule has 22 heavy (non-hydrogen) atoms. The Hall–Kier alpha value is -2.67. The maximum Gasteiger partial charge on any atom is 0.328 e. The summed E-state index contributed by atoms with van der Waals surface area (Å²) in [5.74, 6) is -0.300. The molecular formula is C15H17N3O4. The molecule has 7 heteroatoms. The van der Waals surface area contributed by atoms with Crippen molar-refractivity contribution in [3.8, 4) is 0 Å². The highest BCUT2D eigenvalue weighted by molar-refractivity contribution is 5.97. The first-order valence-electron chi connectivity index (χ1n) is 6.73. The van der Waals surface area contributed by atoms with Crippen LogP contribution in [0.15, 0.2) is 40.4 Å². The Kier molecular flexibility index (Phi) is 4.90. The smallest absolute Gasteiger partial charge is 0.328 e. The van der Waals surface area contributed by atoms with E-state index in [0.29, 0.717) is 23.0 Å². The molecule has 0 bridgehead atoms. The lowest BCUT2D eigenvalue weighted by atomic mass is 10.1. The van der Waals surface area contributed by atoms with Crippen LogP contribution in [0.5, 0.6) is 0 Å². The van der Waals surface area contributed by atoms with Crippen LogP contribution in [0.25, 0.3) is 10.9 Å². The van der Waals surface area contributed by atoms with Crippen LogP contribution >= 0.6 is 0 Å². The SMILES string of the molecule is C=CCNC(=O)c1ccc2c(=O)n(CCOC)c(=O)[nH]c2c1. The third-order valence-corrected chi connectivity index (χ3v) is 3.17. The number of benzene rings is 1. The largest absolute Gasteiger partial charge is 0.383 e. The van der Waals surface area contributed by atoms with Crippen LogP contribution < -0.4 is 16.6 Å². The van der Waals surface area contributed by atoms with Crippen molar-refractivity contribution in [3.63, 3.8) is 0 Å². The summed E-state index contributed by atoms with van der Waals surface area (Å²) < 4.78 is 5.96. The van der Waals surface area contributed by atoms with Crippen molar-refractivity contribution in [1.82, 2.24) is 14.9 Å². The fraction of sp³-hybridized carbons (Fsp3) is 0.267. The second kappa shape index (κ2) is 6.86. The second-order valence-electron chi connectivity index (χ2n) is 4.64. The number of aromatic nitrogens is 2. The molecule has 1 heterocycles. The number of methoxy groups -OCH3 is 1. The number of hydrogen-bond donors (Lipinski definition) is 2. The molecule has 116 valence electrons. The van der Waals surface area contributed by atoms with E-state index >= 15 is 0 Å². The van der Waals surface area contributed by atoms with Crippen LogP contribution in [0.4, 0.5) is 0 Å². The van der Waals surface area contributed by atoms with Gasteiger partial charge in [-0.15, -0.1) is 6.58 Å². The second-order valence-corrected chi connectivity index (χ2v) is 4.64. The van der Waals surface area contributed by atoms with Crippen LogP contribution in [-0.4, -0.2) is 35.7 Å². The van der Waals surface area contributed by atoms with Crippen molar-refractivity contribution in [2.45, 2.75) is 6.54 Å². The average molecular weight is 303 g/mol. The summed E-state index contributed by atoms with van der Waals surface area (Å²) in [7, 11) is 1.49. The zero-order valence-electron chi connectivity index (χ0n) is 12.2. The molecule has 0 fully saturated rings. The van der Waals surface area contributed by atoms with E-state index in [9.17, 15) is 14.4 Å². The molecule has 7 nitrogen and oxygen atoms in total. The fourth-order valence-corrected chi connectivity index (χ4v) is 2.05. The van der Waals surface area contributed by atoms with Gasteiger partial charge in [0.15, 0.2) is 0 Å². The van der Waals surface area contributed by atoms with E-state index in [4.69, 9.17) is 4.74 Å². The van der Waals surface area contributed by atoms with Gasteiger partial charge in [-0.3, -0.25) is 14.2 Å². The molecule has 0 aliphatic rings. The molecule has 2 aromatic rings. The third kappa shape index (κ3) is 3.15. The molecule has 0 aliphatic carbocycles. The molecule has 0 unspecified atom stereocenters. The van der Waals surface area contributed by atoms with E-state index in [1.54, 1.807) is 12.1 Å². The van der Waals surface area contributed by atoms with E-state index < -0.39 is 11.2 Å². The highest BCUT2D eigenvalue weighted by atomic mass is 16.5. The van der Waals surface area contributed by atoms with Crippen molar-refractivity contribution in [1.29, 1.82) is 0 Å². The summed E-state index contributed by atoms with van der Waals surface area (Å²) in [6.07, 6.45) is 1.56. The molecule has 2 N–H and O–H groups in total. The number of nitrogens with zero attached hydrogens (tertiary/aromatic N) is 1. The first-order valence-corrected chi connectivity index (χ1v) is 6.73. The highest BCUT2D eigenvalue weighted by Gasteiger charge is 2.10. The number of carbonyl (C=O) groups is 1. The Morgan fingerprint density at radius 1 is 1.45 bits per heavy atom. The Labute approximate surface area is 126 Å². The van der Waals surface area contributed by atoms with Gasteiger partial charge in [0.25, 0.3) is 11.5 Å². The number of ether oxygens (including phenoxy) is 1. The molecule has 2 rings (SSSR count). The Morgan fingerprint density at radius 3 is 2.91 bits per heavy atom. The monoisotopic (exact) mass is 303 g/mol. The molecule has 1 aromatic carbocycles. The van der Waals surface area contributed by atoms with Crippen molar-refractivity contribution in [2.24, 2.45) is 0 Å². The average Bonchev–Trinajstić information content (AvgIpc) is 2.51. The predicted octanol–water partition coefficient (Wildman–Crippen LogP) is 0.252. The number of aromatic amines is 1. The number of carbonyl (C=O) groups excluding carboxylic acids is 1. The van der Waals surface area contributed by atoms with Crippen LogP contribution in [-0.2, 0) is 11.3 Å². The molecule has 0 atom stereocenters. The molecule has 0 radical (unpaired) electrons. The predicted molar refractivity (Wildman–Crippen MR) is 83.2 cm³/mol. The van der Waals surface area contributed by atoms with E-state index in [-0.39, 0.29) is 19.1 Å². The van der Waals surface area contributed by atoms with Gasteiger partial charge >= 0.3 is 5.69 Å². The third-order valence-electron chi connectivity index (χ3n) is 3.17. The van der Waals surface area contributed by atoms with Crippen molar-refractivity contribution >= 4 is 16.8 Å². The van der Waals surface area contributed by atoms with E-state index in [1.165, 1.54) is 19.2 Å². The van der Waals surface area contributed by atoms with Gasteiger partial charge in [-0.1, -0.05) is 6.08 Å². The Morgan fingerprint density at radius 2 is 2.23 bits per heavy atom.